The van der Waals surface area contributed by atoms with Gasteiger partial charge in [0, 0.05) is 6.54 Å². The average molecular weight is 223 g/mol. The fraction of sp³-hybridized carbons (Fsp3) is 1.00. The number of hydrogen-bond acceptors (Lipinski definition) is 1. The van der Waals surface area contributed by atoms with Gasteiger partial charge in [-0.25, -0.2) is 0 Å². The van der Waals surface area contributed by atoms with E-state index in [4.69, 9.17) is 0 Å². The van der Waals surface area contributed by atoms with Crippen LogP contribution in [0.15, 0.2) is 0 Å². The zero-order valence-electron chi connectivity index (χ0n) is 11.2. The lowest BCUT2D eigenvalue weighted by atomic mass is 9.64. The molecule has 1 heteroatoms. The zero-order chi connectivity index (χ0) is 11.4. The maximum atomic E-state index is 3.70. The summed E-state index contributed by atoms with van der Waals surface area (Å²) in [6.07, 6.45) is 12.0. The van der Waals surface area contributed by atoms with Crippen molar-refractivity contribution in [2.45, 2.75) is 65.2 Å². The van der Waals surface area contributed by atoms with Gasteiger partial charge in [0.1, 0.15) is 0 Å². The molecule has 16 heavy (non-hydrogen) atoms. The van der Waals surface area contributed by atoms with Crippen molar-refractivity contribution < 1.29 is 0 Å². The third-order valence-electron chi connectivity index (χ3n) is 4.66. The Bertz CT molecular complexity index is 199. The molecule has 2 fully saturated rings. The highest BCUT2D eigenvalue weighted by Crippen LogP contribution is 2.48. The lowest BCUT2D eigenvalue weighted by molar-refractivity contribution is 0.0913. The van der Waals surface area contributed by atoms with Gasteiger partial charge in [0.25, 0.3) is 0 Å². The fourth-order valence-electron chi connectivity index (χ4n) is 3.58. The lowest BCUT2D eigenvalue weighted by Crippen LogP contribution is -2.42. The van der Waals surface area contributed by atoms with E-state index in [2.05, 4.69) is 19.2 Å². The molecule has 0 saturated heterocycles. The summed E-state index contributed by atoms with van der Waals surface area (Å²) in [6.45, 7) is 7.10. The first kappa shape index (κ1) is 12.4. The molecule has 1 N–H and O–H groups in total. The smallest absolute Gasteiger partial charge is 0.000802 e. The van der Waals surface area contributed by atoms with Crippen LogP contribution >= 0.6 is 0 Å². The molecule has 0 radical (unpaired) electrons. The molecule has 0 amide bonds. The van der Waals surface area contributed by atoms with Crippen LogP contribution < -0.4 is 5.32 Å². The Morgan fingerprint density at radius 3 is 2.31 bits per heavy atom. The zero-order valence-corrected chi connectivity index (χ0v) is 11.2. The van der Waals surface area contributed by atoms with Crippen molar-refractivity contribution in [1.82, 2.24) is 5.32 Å². The first-order chi connectivity index (χ1) is 7.70. The second kappa shape index (κ2) is 5.53. The van der Waals surface area contributed by atoms with E-state index in [0.717, 1.165) is 11.8 Å². The highest BCUT2D eigenvalue weighted by atomic mass is 14.9. The molecule has 0 aromatic rings. The van der Waals surface area contributed by atoms with Crippen LogP contribution in [0.3, 0.4) is 0 Å². The van der Waals surface area contributed by atoms with Gasteiger partial charge in [0.05, 0.1) is 0 Å². The largest absolute Gasteiger partial charge is 0.316 e. The molecular weight excluding hydrogens is 194 g/mol. The van der Waals surface area contributed by atoms with Crippen molar-refractivity contribution in [2.24, 2.45) is 17.3 Å². The summed E-state index contributed by atoms with van der Waals surface area (Å²) in [4.78, 5) is 0. The van der Waals surface area contributed by atoms with E-state index in [1.807, 2.05) is 0 Å². The molecule has 0 atom stereocenters. The predicted octanol–water partition coefficient (Wildman–Crippen LogP) is 3.98. The first-order valence-corrected chi connectivity index (χ1v) is 7.41. The minimum absolute atomic E-state index is 0.712. The van der Waals surface area contributed by atoms with Gasteiger partial charge in [-0.1, -0.05) is 46.0 Å². The molecule has 94 valence electrons. The molecule has 0 heterocycles. The predicted molar refractivity (Wildman–Crippen MR) is 70.6 cm³/mol. The topological polar surface area (TPSA) is 12.0 Å². The van der Waals surface area contributed by atoms with E-state index in [1.54, 1.807) is 0 Å². The molecule has 1 nitrogen and oxygen atoms in total. The molecule has 0 unspecified atom stereocenters. The highest BCUT2D eigenvalue weighted by Gasteiger charge is 2.38. The summed E-state index contributed by atoms with van der Waals surface area (Å²) < 4.78 is 0. The van der Waals surface area contributed by atoms with Gasteiger partial charge in [0.2, 0.25) is 0 Å². The number of hydrogen-bond donors (Lipinski definition) is 1. The molecule has 0 aromatic heterocycles. The Morgan fingerprint density at radius 1 is 1.12 bits per heavy atom. The quantitative estimate of drug-likeness (QED) is 0.718. The van der Waals surface area contributed by atoms with Gasteiger partial charge in [-0.2, -0.15) is 0 Å². The van der Waals surface area contributed by atoms with E-state index in [-0.39, 0.29) is 0 Å². The highest BCUT2D eigenvalue weighted by molar-refractivity contribution is 4.92. The van der Waals surface area contributed by atoms with Gasteiger partial charge >= 0.3 is 0 Å². The van der Waals surface area contributed by atoms with E-state index in [0.29, 0.717) is 5.41 Å². The van der Waals surface area contributed by atoms with Gasteiger partial charge < -0.3 is 5.32 Å². The third-order valence-corrected chi connectivity index (χ3v) is 4.66. The summed E-state index contributed by atoms with van der Waals surface area (Å²) in [5.41, 5.74) is 0.712. The fourth-order valence-corrected chi connectivity index (χ4v) is 3.58. The second-order valence-electron chi connectivity index (χ2n) is 6.73. The second-order valence-corrected chi connectivity index (χ2v) is 6.73. The standard InChI is InChI=1S/C15H29N/c1-13(2)11-16-12-15(8-5-9-15)10-14-6-3-4-7-14/h13-14,16H,3-12H2,1-2H3. The minimum Gasteiger partial charge on any atom is -0.316 e. The van der Waals surface area contributed by atoms with E-state index in [9.17, 15) is 0 Å². The lowest BCUT2D eigenvalue weighted by Gasteiger charge is -2.44. The van der Waals surface area contributed by atoms with E-state index >= 15 is 0 Å². The molecule has 0 bridgehead atoms. The van der Waals surface area contributed by atoms with Crippen LogP contribution in [0, 0.1) is 17.3 Å². The van der Waals surface area contributed by atoms with E-state index < -0.39 is 0 Å². The Hall–Kier alpha value is -0.0400. The van der Waals surface area contributed by atoms with Crippen molar-refractivity contribution >= 4 is 0 Å². The van der Waals surface area contributed by atoms with Crippen LogP contribution in [0.25, 0.3) is 0 Å². The van der Waals surface area contributed by atoms with Gasteiger partial charge in [-0.15, -0.1) is 0 Å². The molecule has 2 saturated carbocycles. The molecule has 0 aromatic carbocycles. The van der Waals surface area contributed by atoms with Crippen LogP contribution in [0.5, 0.6) is 0 Å². The Labute approximate surface area is 101 Å². The normalized spacial score (nSPS) is 24.9. The van der Waals surface area contributed by atoms with Crippen LogP contribution in [-0.2, 0) is 0 Å². The van der Waals surface area contributed by atoms with Crippen LogP contribution in [0.4, 0.5) is 0 Å². The van der Waals surface area contributed by atoms with Crippen LogP contribution in [0.1, 0.15) is 65.2 Å². The summed E-state index contributed by atoms with van der Waals surface area (Å²) in [7, 11) is 0. The van der Waals surface area contributed by atoms with Crippen LogP contribution in [-0.4, -0.2) is 13.1 Å². The average Bonchev–Trinajstić information content (AvgIpc) is 2.65. The maximum Gasteiger partial charge on any atom is 0.000802 e. The summed E-state index contributed by atoms with van der Waals surface area (Å²) >= 11 is 0. The number of rotatable bonds is 6. The van der Waals surface area contributed by atoms with Crippen molar-refractivity contribution in [3.8, 4) is 0 Å². The van der Waals surface area contributed by atoms with Crippen LogP contribution in [0.2, 0.25) is 0 Å². The van der Waals surface area contributed by atoms with Crippen molar-refractivity contribution in [3.05, 3.63) is 0 Å². The van der Waals surface area contributed by atoms with E-state index in [1.165, 1.54) is 64.5 Å². The van der Waals surface area contributed by atoms with Gasteiger partial charge in [-0.05, 0) is 43.1 Å². The Balaban J connectivity index is 1.73. The Kier molecular flexibility index (Phi) is 4.29. The van der Waals surface area contributed by atoms with Crippen molar-refractivity contribution in [1.29, 1.82) is 0 Å². The summed E-state index contributed by atoms with van der Waals surface area (Å²) in [5, 5.41) is 3.70. The molecule has 2 aliphatic rings. The summed E-state index contributed by atoms with van der Waals surface area (Å²) in [6, 6.07) is 0. The van der Waals surface area contributed by atoms with Gasteiger partial charge in [-0.3, -0.25) is 0 Å². The van der Waals surface area contributed by atoms with Crippen molar-refractivity contribution in [3.63, 3.8) is 0 Å². The molecule has 0 aliphatic heterocycles. The van der Waals surface area contributed by atoms with Crippen molar-refractivity contribution in [2.75, 3.05) is 13.1 Å². The molecule has 2 aliphatic carbocycles. The molecular formula is C15H29N. The minimum atomic E-state index is 0.712. The SMILES string of the molecule is CC(C)CNCC1(CC2CCCC2)CCC1. The Morgan fingerprint density at radius 2 is 1.81 bits per heavy atom. The summed E-state index contributed by atoms with van der Waals surface area (Å²) in [5.74, 6) is 1.87. The first-order valence-electron chi connectivity index (χ1n) is 7.41. The number of nitrogens with one attached hydrogen (secondary N) is 1. The monoisotopic (exact) mass is 223 g/mol. The molecule has 0 spiro atoms. The maximum absolute atomic E-state index is 3.70. The van der Waals surface area contributed by atoms with Gasteiger partial charge in [0.15, 0.2) is 0 Å². The molecule has 2 rings (SSSR count). The third kappa shape index (κ3) is 3.23.